The van der Waals surface area contributed by atoms with Crippen LogP contribution in [0.3, 0.4) is 0 Å². The van der Waals surface area contributed by atoms with Gasteiger partial charge in [0, 0.05) is 12.2 Å². The van der Waals surface area contributed by atoms with E-state index in [1.807, 2.05) is 0 Å². The van der Waals surface area contributed by atoms with Crippen LogP contribution < -0.4 is 4.90 Å². The van der Waals surface area contributed by atoms with E-state index in [1.54, 1.807) is 38.1 Å². The molecule has 0 saturated carbocycles. The number of alkyl halides is 3. The lowest BCUT2D eigenvalue weighted by Crippen LogP contribution is -2.34. The van der Waals surface area contributed by atoms with E-state index in [-0.39, 0.29) is 6.54 Å². The van der Waals surface area contributed by atoms with Crippen LogP contribution in [0.5, 0.6) is 0 Å². The van der Waals surface area contributed by atoms with Gasteiger partial charge in [0.2, 0.25) is 0 Å². The summed E-state index contributed by atoms with van der Waals surface area (Å²) >= 11 is 0. The molecule has 0 radical (unpaired) electrons. The Bertz CT molecular complexity index is 418. The molecule has 6 heteroatoms. The molecule has 0 atom stereocenters. The molecule has 0 aliphatic heterocycles. The molecule has 1 aromatic rings. The fourth-order valence-electron chi connectivity index (χ4n) is 1.49. The molecule has 3 nitrogen and oxygen atoms in total. The Labute approximate surface area is 103 Å². The molecule has 0 saturated heterocycles. The van der Waals surface area contributed by atoms with Crippen LogP contribution in [-0.4, -0.2) is 25.4 Å². The highest BCUT2D eigenvalue weighted by molar-refractivity contribution is 5.88. The molecule has 0 N–H and O–H groups in total. The molecule has 100 valence electrons. The first kappa shape index (κ1) is 14.3. The zero-order chi connectivity index (χ0) is 13.8. The molecule has 0 aliphatic carbocycles. The zero-order valence-corrected chi connectivity index (χ0v) is 10.1. The van der Waals surface area contributed by atoms with Crippen molar-refractivity contribution in [3.8, 4) is 0 Å². The van der Waals surface area contributed by atoms with Crippen LogP contribution in [0, 0.1) is 6.92 Å². The Balaban J connectivity index is 2.78. The number of ether oxygens (including phenoxy) is 1. The summed E-state index contributed by atoms with van der Waals surface area (Å²) in [6, 6.07) is 6.93. The summed E-state index contributed by atoms with van der Waals surface area (Å²) in [5.41, 5.74) is 1.34. The van der Waals surface area contributed by atoms with Crippen molar-refractivity contribution in [3.63, 3.8) is 0 Å². The van der Waals surface area contributed by atoms with Crippen LogP contribution >= 0.6 is 0 Å². The first-order valence-electron chi connectivity index (χ1n) is 5.42. The summed E-state index contributed by atoms with van der Waals surface area (Å²) in [6.45, 7) is 2.10. The molecule has 1 amide bonds. The summed E-state index contributed by atoms with van der Waals surface area (Å²) in [7, 11) is 0. The van der Waals surface area contributed by atoms with Crippen molar-refractivity contribution >= 4 is 11.8 Å². The van der Waals surface area contributed by atoms with E-state index >= 15 is 0 Å². The number of aryl methyl sites for hydroxylation is 1. The summed E-state index contributed by atoms with van der Waals surface area (Å²) in [6.07, 6.45) is -5.51. The number of nitrogens with zero attached hydrogens (tertiary/aromatic N) is 1. The number of hydrogen-bond donors (Lipinski definition) is 0. The number of amides is 1. The lowest BCUT2D eigenvalue weighted by atomic mass is 10.2. The van der Waals surface area contributed by atoms with Gasteiger partial charge in [-0.2, -0.15) is 13.2 Å². The second-order valence-electron chi connectivity index (χ2n) is 3.70. The number of anilines is 1. The topological polar surface area (TPSA) is 29.5 Å². The van der Waals surface area contributed by atoms with E-state index in [1.165, 1.54) is 4.90 Å². The maximum atomic E-state index is 12.0. The first-order chi connectivity index (χ1) is 8.35. The molecule has 0 bridgehead atoms. The summed E-state index contributed by atoms with van der Waals surface area (Å²) in [5, 5.41) is 0. The molecular weight excluding hydrogens is 247 g/mol. The van der Waals surface area contributed by atoms with E-state index < -0.39 is 18.9 Å². The van der Waals surface area contributed by atoms with Crippen LogP contribution in [0.25, 0.3) is 0 Å². The largest absolute Gasteiger partial charge is 0.439 e. The van der Waals surface area contributed by atoms with Gasteiger partial charge in [-0.1, -0.05) is 18.2 Å². The molecule has 0 heterocycles. The highest BCUT2D eigenvalue weighted by Crippen LogP contribution is 2.21. The molecule has 1 aromatic carbocycles. The number of carbonyl (C=O) groups excluding carboxylic acids is 1. The number of benzene rings is 1. The molecule has 0 aliphatic rings. The number of para-hydroxylation sites is 1. The smallest absolute Gasteiger partial charge is 0.422 e. The average molecular weight is 261 g/mol. The van der Waals surface area contributed by atoms with E-state index in [4.69, 9.17) is 0 Å². The standard InChI is InChI=1S/C12H14F3NO2/c1-3-16(10-7-5-4-6-9(10)2)11(17)18-8-12(13,14)15/h4-7H,3,8H2,1-2H3. The van der Waals surface area contributed by atoms with E-state index in [0.29, 0.717) is 5.69 Å². The van der Waals surface area contributed by atoms with Gasteiger partial charge in [0.15, 0.2) is 6.61 Å². The van der Waals surface area contributed by atoms with Gasteiger partial charge < -0.3 is 4.74 Å². The predicted octanol–water partition coefficient (Wildman–Crippen LogP) is 3.52. The van der Waals surface area contributed by atoms with Gasteiger partial charge in [-0.3, -0.25) is 4.90 Å². The lowest BCUT2D eigenvalue weighted by Gasteiger charge is -2.22. The van der Waals surface area contributed by atoms with Crippen LogP contribution in [0.1, 0.15) is 12.5 Å². The van der Waals surface area contributed by atoms with Gasteiger partial charge in [0.1, 0.15) is 0 Å². The van der Waals surface area contributed by atoms with Gasteiger partial charge in [-0.25, -0.2) is 4.79 Å². The zero-order valence-electron chi connectivity index (χ0n) is 10.1. The summed E-state index contributed by atoms with van der Waals surface area (Å²) in [4.78, 5) is 12.7. The van der Waals surface area contributed by atoms with Crippen LogP contribution in [0.15, 0.2) is 24.3 Å². The third-order valence-electron chi connectivity index (χ3n) is 2.30. The Hall–Kier alpha value is -1.72. The molecule has 1 rings (SSSR count). The highest BCUT2D eigenvalue weighted by atomic mass is 19.4. The van der Waals surface area contributed by atoms with E-state index in [9.17, 15) is 18.0 Å². The van der Waals surface area contributed by atoms with Crippen molar-refractivity contribution in [1.29, 1.82) is 0 Å². The molecule has 0 fully saturated rings. The van der Waals surface area contributed by atoms with Crippen LogP contribution in [0.2, 0.25) is 0 Å². The van der Waals surface area contributed by atoms with Gasteiger partial charge in [-0.05, 0) is 25.5 Å². The van der Waals surface area contributed by atoms with Crippen molar-refractivity contribution in [3.05, 3.63) is 29.8 Å². The highest BCUT2D eigenvalue weighted by Gasteiger charge is 2.31. The monoisotopic (exact) mass is 261 g/mol. The Morgan fingerprint density at radius 3 is 2.44 bits per heavy atom. The third-order valence-corrected chi connectivity index (χ3v) is 2.30. The van der Waals surface area contributed by atoms with Gasteiger partial charge in [0.25, 0.3) is 0 Å². The lowest BCUT2D eigenvalue weighted by molar-refractivity contribution is -0.159. The predicted molar refractivity (Wildman–Crippen MR) is 61.6 cm³/mol. The number of halogens is 3. The Morgan fingerprint density at radius 2 is 1.94 bits per heavy atom. The first-order valence-corrected chi connectivity index (χ1v) is 5.42. The van der Waals surface area contributed by atoms with Crippen molar-refractivity contribution in [2.24, 2.45) is 0 Å². The van der Waals surface area contributed by atoms with Crippen LogP contribution in [0.4, 0.5) is 23.7 Å². The average Bonchev–Trinajstić information content (AvgIpc) is 2.29. The normalized spacial score (nSPS) is 11.2. The third kappa shape index (κ3) is 3.94. The van der Waals surface area contributed by atoms with Crippen molar-refractivity contribution in [1.82, 2.24) is 0 Å². The molecule has 18 heavy (non-hydrogen) atoms. The van der Waals surface area contributed by atoms with E-state index in [2.05, 4.69) is 4.74 Å². The van der Waals surface area contributed by atoms with Gasteiger partial charge >= 0.3 is 12.3 Å². The van der Waals surface area contributed by atoms with Crippen LogP contribution in [-0.2, 0) is 4.74 Å². The minimum absolute atomic E-state index is 0.238. The van der Waals surface area contributed by atoms with Gasteiger partial charge in [0.05, 0.1) is 0 Å². The molecular formula is C12H14F3NO2. The SMILES string of the molecule is CCN(C(=O)OCC(F)(F)F)c1ccccc1C. The number of rotatable bonds is 3. The number of carbonyl (C=O) groups is 1. The fourth-order valence-corrected chi connectivity index (χ4v) is 1.49. The molecule has 0 unspecified atom stereocenters. The Kier molecular flexibility index (Phi) is 4.58. The summed E-state index contributed by atoms with van der Waals surface area (Å²) in [5.74, 6) is 0. The Morgan fingerprint density at radius 1 is 1.33 bits per heavy atom. The van der Waals surface area contributed by atoms with Crippen molar-refractivity contribution in [2.45, 2.75) is 20.0 Å². The summed E-state index contributed by atoms with van der Waals surface area (Å²) < 4.78 is 40.1. The van der Waals surface area contributed by atoms with Crippen molar-refractivity contribution < 1.29 is 22.7 Å². The number of hydrogen-bond acceptors (Lipinski definition) is 2. The van der Waals surface area contributed by atoms with E-state index in [0.717, 1.165) is 5.56 Å². The minimum atomic E-state index is -4.51. The fraction of sp³-hybridized carbons (Fsp3) is 0.417. The van der Waals surface area contributed by atoms with Gasteiger partial charge in [-0.15, -0.1) is 0 Å². The maximum Gasteiger partial charge on any atom is 0.422 e. The molecule has 0 aromatic heterocycles. The minimum Gasteiger partial charge on any atom is -0.439 e. The van der Waals surface area contributed by atoms with Crippen molar-refractivity contribution in [2.75, 3.05) is 18.1 Å². The molecule has 0 spiro atoms. The maximum absolute atomic E-state index is 12.0. The second-order valence-corrected chi connectivity index (χ2v) is 3.70. The second kappa shape index (κ2) is 5.75. The quantitative estimate of drug-likeness (QED) is 0.833.